The fourth-order valence-electron chi connectivity index (χ4n) is 2.71. The molecule has 2 fully saturated rings. The highest BCUT2D eigenvalue weighted by Gasteiger charge is 2.36. The fraction of sp³-hybridized carbons (Fsp3) is 1.00. The summed E-state index contributed by atoms with van der Waals surface area (Å²) in [5.41, 5.74) is -0.508. The van der Waals surface area contributed by atoms with Gasteiger partial charge in [-0.15, -0.1) is 0 Å². The van der Waals surface area contributed by atoms with Crippen molar-refractivity contribution < 1.29 is 14.9 Å². The lowest BCUT2D eigenvalue weighted by Crippen LogP contribution is -2.38. The first-order valence-corrected chi connectivity index (χ1v) is 5.68. The summed E-state index contributed by atoms with van der Waals surface area (Å²) in [5, 5.41) is 19.9. The number of aliphatic hydroxyl groups is 2. The predicted molar refractivity (Wildman–Crippen MR) is 53.0 cm³/mol. The molecule has 3 nitrogen and oxygen atoms in total. The molecule has 1 heterocycles. The topological polar surface area (TPSA) is 49.7 Å². The van der Waals surface area contributed by atoms with Gasteiger partial charge in [0.2, 0.25) is 0 Å². The first-order chi connectivity index (χ1) is 6.70. The minimum atomic E-state index is -0.508. The van der Waals surface area contributed by atoms with Gasteiger partial charge >= 0.3 is 0 Å². The van der Waals surface area contributed by atoms with Gasteiger partial charge in [-0.3, -0.25) is 0 Å². The number of aliphatic hydroxyl groups excluding tert-OH is 1. The van der Waals surface area contributed by atoms with Crippen LogP contribution in [0.15, 0.2) is 0 Å². The monoisotopic (exact) mass is 200 g/mol. The Balaban J connectivity index is 1.88. The zero-order valence-electron chi connectivity index (χ0n) is 8.61. The summed E-state index contributed by atoms with van der Waals surface area (Å²) < 4.78 is 5.34. The van der Waals surface area contributed by atoms with Crippen LogP contribution in [0.25, 0.3) is 0 Å². The summed E-state index contributed by atoms with van der Waals surface area (Å²) in [5.74, 6) is 0.145. The summed E-state index contributed by atoms with van der Waals surface area (Å²) >= 11 is 0. The van der Waals surface area contributed by atoms with E-state index in [-0.39, 0.29) is 12.0 Å². The minimum Gasteiger partial charge on any atom is -0.393 e. The van der Waals surface area contributed by atoms with Crippen LogP contribution in [0, 0.1) is 5.92 Å². The molecule has 0 spiro atoms. The van der Waals surface area contributed by atoms with Crippen LogP contribution in [0.2, 0.25) is 0 Å². The van der Waals surface area contributed by atoms with Crippen molar-refractivity contribution in [3.63, 3.8) is 0 Å². The van der Waals surface area contributed by atoms with Crippen molar-refractivity contribution in [1.29, 1.82) is 0 Å². The molecule has 3 heteroatoms. The van der Waals surface area contributed by atoms with E-state index in [4.69, 9.17) is 4.74 Å². The van der Waals surface area contributed by atoms with Gasteiger partial charge in [0.1, 0.15) is 0 Å². The third kappa shape index (κ3) is 2.27. The molecule has 2 aliphatic rings. The molecule has 0 aromatic carbocycles. The minimum absolute atomic E-state index is 0.145. The van der Waals surface area contributed by atoms with Gasteiger partial charge in [-0.2, -0.15) is 0 Å². The Hall–Kier alpha value is -0.120. The van der Waals surface area contributed by atoms with Gasteiger partial charge in [0.25, 0.3) is 0 Å². The van der Waals surface area contributed by atoms with Crippen LogP contribution in [-0.2, 0) is 4.74 Å². The second-order valence-electron chi connectivity index (χ2n) is 4.83. The molecular weight excluding hydrogens is 180 g/mol. The van der Waals surface area contributed by atoms with E-state index in [2.05, 4.69) is 0 Å². The van der Waals surface area contributed by atoms with E-state index in [0.717, 1.165) is 32.1 Å². The third-order valence-corrected chi connectivity index (χ3v) is 3.61. The van der Waals surface area contributed by atoms with Gasteiger partial charge in [-0.05, 0) is 25.7 Å². The zero-order valence-corrected chi connectivity index (χ0v) is 8.61. The quantitative estimate of drug-likeness (QED) is 0.701. The van der Waals surface area contributed by atoms with E-state index in [0.29, 0.717) is 19.6 Å². The first kappa shape index (κ1) is 10.4. The van der Waals surface area contributed by atoms with E-state index in [1.807, 2.05) is 0 Å². The van der Waals surface area contributed by atoms with Crippen LogP contribution in [0.1, 0.15) is 38.5 Å². The lowest BCUT2D eigenvalue weighted by atomic mass is 9.84. The van der Waals surface area contributed by atoms with Crippen LogP contribution >= 0.6 is 0 Å². The molecule has 14 heavy (non-hydrogen) atoms. The van der Waals surface area contributed by atoms with Crippen molar-refractivity contribution in [2.45, 2.75) is 50.2 Å². The average molecular weight is 200 g/mol. The van der Waals surface area contributed by atoms with Crippen molar-refractivity contribution >= 4 is 0 Å². The molecule has 0 amide bonds. The lowest BCUT2D eigenvalue weighted by molar-refractivity contribution is -0.0739. The van der Waals surface area contributed by atoms with Gasteiger partial charge < -0.3 is 14.9 Å². The normalized spacial score (nSPS) is 37.3. The van der Waals surface area contributed by atoms with E-state index < -0.39 is 5.60 Å². The maximum atomic E-state index is 10.2. The van der Waals surface area contributed by atoms with Gasteiger partial charge in [0, 0.05) is 12.5 Å². The molecule has 2 atom stereocenters. The summed E-state index contributed by atoms with van der Waals surface area (Å²) in [4.78, 5) is 0. The number of ether oxygens (including phenoxy) is 1. The molecule has 2 N–H and O–H groups in total. The van der Waals surface area contributed by atoms with Crippen LogP contribution in [0.3, 0.4) is 0 Å². The van der Waals surface area contributed by atoms with Crippen LogP contribution in [-0.4, -0.2) is 35.1 Å². The maximum absolute atomic E-state index is 10.2. The molecule has 0 radical (unpaired) electrons. The highest BCUT2D eigenvalue weighted by molar-refractivity contribution is 4.89. The van der Waals surface area contributed by atoms with Gasteiger partial charge in [0.05, 0.1) is 18.3 Å². The van der Waals surface area contributed by atoms with Crippen molar-refractivity contribution in [1.82, 2.24) is 0 Å². The Labute approximate surface area is 85.1 Å². The van der Waals surface area contributed by atoms with E-state index >= 15 is 0 Å². The Morgan fingerprint density at radius 1 is 1.29 bits per heavy atom. The second kappa shape index (κ2) is 4.17. The Morgan fingerprint density at radius 2 is 2.00 bits per heavy atom. The van der Waals surface area contributed by atoms with Crippen LogP contribution < -0.4 is 0 Å². The standard InChI is InChI=1S/C11H20O3/c12-10-3-6-14-8-9(10)7-11(13)4-1-2-5-11/h9-10,12-13H,1-8H2. The largest absolute Gasteiger partial charge is 0.393 e. The molecule has 0 aromatic rings. The number of hydrogen-bond acceptors (Lipinski definition) is 3. The van der Waals surface area contributed by atoms with Crippen molar-refractivity contribution in [3.8, 4) is 0 Å². The molecule has 1 aliphatic carbocycles. The van der Waals surface area contributed by atoms with E-state index in [1.54, 1.807) is 0 Å². The second-order valence-corrected chi connectivity index (χ2v) is 4.83. The van der Waals surface area contributed by atoms with Crippen molar-refractivity contribution in [3.05, 3.63) is 0 Å². The average Bonchev–Trinajstić information content (AvgIpc) is 2.57. The van der Waals surface area contributed by atoms with Crippen LogP contribution in [0.5, 0.6) is 0 Å². The summed E-state index contributed by atoms with van der Waals surface area (Å²) in [6.07, 6.45) is 5.22. The van der Waals surface area contributed by atoms with Crippen molar-refractivity contribution in [2.24, 2.45) is 5.92 Å². The van der Waals surface area contributed by atoms with E-state index in [9.17, 15) is 10.2 Å². The lowest BCUT2D eigenvalue weighted by Gasteiger charge is -2.33. The SMILES string of the molecule is OC1CCOCC1CC1(O)CCCC1. The Bertz CT molecular complexity index is 187. The smallest absolute Gasteiger partial charge is 0.0652 e. The number of hydrogen-bond donors (Lipinski definition) is 2. The molecular formula is C11H20O3. The fourth-order valence-corrected chi connectivity index (χ4v) is 2.71. The molecule has 2 unspecified atom stereocenters. The van der Waals surface area contributed by atoms with Crippen LogP contribution in [0.4, 0.5) is 0 Å². The molecule has 0 aromatic heterocycles. The zero-order chi connectivity index (χ0) is 10.0. The molecule has 1 saturated carbocycles. The first-order valence-electron chi connectivity index (χ1n) is 5.68. The molecule has 1 saturated heterocycles. The van der Waals surface area contributed by atoms with Gasteiger partial charge in [-0.1, -0.05) is 12.8 Å². The Morgan fingerprint density at radius 3 is 2.64 bits per heavy atom. The molecule has 2 rings (SSSR count). The maximum Gasteiger partial charge on any atom is 0.0652 e. The van der Waals surface area contributed by atoms with Gasteiger partial charge in [0.15, 0.2) is 0 Å². The summed E-state index contributed by atoms with van der Waals surface area (Å²) in [6.45, 7) is 1.28. The summed E-state index contributed by atoms with van der Waals surface area (Å²) in [6, 6.07) is 0. The molecule has 82 valence electrons. The third-order valence-electron chi connectivity index (χ3n) is 3.61. The summed E-state index contributed by atoms with van der Waals surface area (Å²) in [7, 11) is 0. The van der Waals surface area contributed by atoms with E-state index in [1.165, 1.54) is 0 Å². The molecule has 1 aliphatic heterocycles. The highest BCUT2D eigenvalue weighted by atomic mass is 16.5. The highest BCUT2D eigenvalue weighted by Crippen LogP contribution is 2.36. The van der Waals surface area contributed by atoms with Crippen molar-refractivity contribution in [2.75, 3.05) is 13.2 Å². The molecule has 0 bridgehead atoms. The Kier molecular flexibility index (Phi) is 3.10. The van der Waals surface area contributed by atoms with Gasteiger partial charge in [-0.25, -0.2) is 0 Å². The predicted octanol–water partition coefficient (Wildman–Crippen LogP) is 1.08. The number of rotatable bonds is 2.